The fourth-order valence-electron chi connectivity index (χ4n) is 0.300. The van der Waals surface area contributed by atoms with Crippen molar-refractivity contribution in [3.8, 4) is 0 Å². The summed E-state index contributed by atoms with van der Waals surface area (Å²) in [7, 11) is -4.38. The molecule has 2 radical (unpaired) electrons. The number of nitrogens with one attached hydrogen (secondary N) is 1. The molecule has 0 saturated carbocycles. The molecule has 5 nitrogen and oxygen atoms in total. The molecule has 2 N–H and O–H groups in total. The van der Waals surface area contributed by atoms with E-state index < -0.39 is 21.8 Å². The average molecular weight is 163 g/mol. The molecule has 0 aromatic rings. The molecule has 0 aliphatic carbocycles. The number of carbonyl (C=O) groups excluding carboxylic acids is 1. The van der Waals surface area contributed by atoms with E-state index in [4.69, 9.17) is 9.96 Å². The first-order chi connectivity index (χ1) is 4.52. The zero-order valence-electron chi connectivity index (χ0n) is 4.86. The van der Waals surface area contributed by atoms with Gasteiger partial charge < -0.3 is 5.41 Å². The van der Waals surface area contributed by atoms with E-state index in [0.29, 0.717) is 0 Å². The van der Waals surface area contributed by atoms with Crippen molar-refractivity contribution in [2.24, 2.45) is 0 Å². The summed E-state index contributed by atoms with van der Waals surface area (Å²) in [6.07, 6.45) is 2.29. The first-order valence-corrected chi connectivity index (χ1v) is 3.76. The second-order valence-corrected chi connectivity index (χ2v) is 3.10. The van der Waals surface area contributed by atoms with E-state index in [0.717, 1.165) is 6.29 Å². The average Bonchev–Trinajstić information content (AvgIpc) is 1.80. The molecule has 0 aliphatic rings. The van der Waals surface area contributed by atoms with E-state index in [1.807, 2.05) is 0 Å². The largest absolute Gasteiger partial charge is 0.303 e. The van der Waals surface area contributed by atoms with Crippen molar-refractivity contribution in [2.75, 3.05) is 0 Å². The summed E-state index contributed by atoms with van der Waals surface area (Å²) in [5.41, 5.74) is 0. The van der Waals surface area contributed by atoms with Crippen LogP contribution in [-0.2, 0) is 14.9 Å². The monoisotopic (exact) mass is 163 g/mol. The van der Waals surface area contributed by atoms with Crippen LogP contribution in [0.5, 0.6) is 0 Å². The maximum absolute atomic E-state index is 10.1. The Morgan fingerprint density at radius 1 is 1.60 bits per heavy atom. The summed E-state index contributed by atoms with van der Waals surface area (Å²) in [6, 6.07) is 0. The second-order valence-electron chi connectivity index (χ2n) is 1.50. The lowest BCUT2D eigenvalue weighted by atomic mass is 10.3. The second kappa shape index (κ2) is 3.43. The predicted octanol–water partition coefficient (Wildman–Crippen LogP) is -0.731. The minimum atomic E-state index is -4.38. The SMILES string of the molecule is N=[C]CC([C]=O)S(=O)(=O)O. The molecule has 0 saturated heterocycles. The van der Waals surface area contributed by atoms with Crippen molar-refractivity contribution in [3.05, 3.63) is 0 Å². The minimum Gasteiger partial charge on any atom is -0.303 e. The number of hydrogen-bond acceptors (Lipinski definition) is 4. The van der Waals surface area contributed by atoms with Gasteiger partial charge in [0.05, 0.1) is 6.21 Å². The molecular weight excluding hydrogens is 158 g/mol. The molecular formula is C4H5NO4S. The van der Waals surface area contributed by atoms with E-state index in [1.165, 1.54) is 0 Å². The van der Waals surface area contributed by atoms with Gasteiger partial charge in [0.2, 0.25) is 6.29 Å². The number of rotatable bonds is 4. The third kappa shape index (κ3) is 2.70. The molecule has 0 fully saturated rings. The Hall–Kier alpha value is -0.750. The van der Waals surface area contributed by atoms with E-state index in [1.54, 1.807) is 6.21 Å². The molecule has 0 aliphatic heterocycles. The van der Waals surface area contributed by atoms with Gasteiger partial charge in [-0.2, -0.15) is 8.42 Å². The Bertz CT molecular complexity index is 219. The van der Waals surface area contributed by atoms with Crippen LogP contribution in [0.15, 0.2) is 0 Å². The zero-order valence-corrected chi connectivity index (χ0v) is 5.68. The zero-order chi connectivity index (χ0) is 8.20. The van der Waals surface area contributed by atoms with Gasteiger partial charge in [0, 0.05) is 6.42 Å². The van der Waals surface area contributed by atoms with Crippen LogP contribution in [0.25, 0.3) is 0 Å². The van der Waals surface area contributed by atoms with Crippen molar-refractivity contribution in [1.29, 1.82) is 5.41 Å². The van der Waals surface area contributed by atoms with Crippen LogP contribution in [0.4, 0.5) is 0 Å². The van der Waals surface area contributed by atoms with Crippen LogP contribution in [-0.4, -0.2) is 30.7 Å². The molecule has 10 heavy (non-hydrogen) atoms. The molecule has 0 rings (SSSR count). The molecule has 56 valence electrons. The Labute approximate surface area is 58.3 Å². The van der Waals surface area contributed by atoms with Gasteiger partial charge in [-0.25, -0.2) is 0 Å². The fraction of sp³-hybridized carbons (Fsp3) is 0.500. The van der Waals surface area contributed by atoms with Gasteiger partial charge in [-0.1, -0.05) is 0 Å². The van der Waals surface area contributed by atoms with Crippen LogP contribution in [0, 0.1) is 5.41 Å². The summed E-state index contributed by atoms with van der Waals surface area (Å²) in [4.78, 5) is 9.75. The Kier molecular flexibility index (Phi) is 3.17. The molecule has 1 atom stereocenters. The van der Waals surface area contributed by atoms with Crippen molar-refractivity contribution in [1.82, 2.24) is 0 Å². The minimum absolute atomic E-state index is 0.456. The van der Waals surface area contributed by atoms with Crippen molar-refractivity contribution in [2.45, 2.75) is 11.7 Å². The lowest BCUT2D eigenvalue weighted by Crippen LogP contribution is -2.21. The third-order valence-electron chi connectivity index (χ3n) is 0.778. The van der Waals surface area contributed by atoms with Crippen LogP contribution in [0.1, 0.15) is 6.42 Å². The normalized spacial score (nSPS) is 14.1. The summed E-state index contributed by atoms with van der Waals surface area (Å²) in [6.45, 7) is 0. The van der Waals surface area contributed by atoms with Gasteiger partial charge in [-0.05, 0) is 0 Å². The van der Waals surface area contributed by atoms with Crippen molar-refractivity contribution >= 4 is 22.6 Å². The lowest BCUT2D eigenvalue weighted by Gasteiger charge is -1.98. The molecule has 0 aromatic heterocycles. The quantitative estimate of drug-likeness (QED) is 0.422. The highest BCUT2D eigenvalue weighted by molar-refractivity contribution is 7.87. The first kappa shape index (κ1) is 9.25. The van der Waals surface area contributed by atoms with Crippen molar-refractivity contribution < 1.29 is 17.8 Å². The molecule has 0 heterocycles. The maximum Gasteiger partial charge on any atom is 0.275 e. The molecule has 0 spiro atoms. The van der Waals surface area contributed by atoms with E-state index in [-0.39, 0.29) is 0 Å². The van der Waals surface area contributed by atoms with Crippen LogP contribution in [0.3, 0.4) is 0 Å². The Morgan fingerprint density at radius 3 is 2.20 bits per heavy atom. The van der Waals surface area contributed by atoms with Gasteiger partial charge >= 0.3 is 0 Å². The highest BCUT2D eigenvalue weighted by atomic mass is 32.2. The summed E-state index contributed by atoms with van der Waals surface area (Å²) in [5.74, 6) is 0. The lowest BCUT2D eigenvalue weighted by molar-refractivity contribution is 0.473. The van der Waals surface area contributed by atoms with E-state index in [2.05, 4.69) is 0 Å². The van der Waals surface area contributed by atoms with Crippen LogP contribution in [0.2, 0.25) is 0 Å². The molecule has 1 unspecified atom stereocenters. The van der Waals surface area contributed by atoms with Gasteiger partial charge in [0.15, 0.2) is 5.25 Å². The Morgan fingerprint density at radius 2 is 2.10 bits per heavy atom. The first-order valence-electron chi connectivity index (χ1n) is 2.26. The topological polar surface area (TPSA) is 95.3 Å². The maximum atomic E-state index is 10.1. The highest BCUT2D eigenvalue weighted by Crippen LogP contribution is 1.97. The van der Waals surface area contributed by atoms with E-state index in [9.17, 15) is 13.2 Å². The van der Waals surface area contributed by atoms with Gasteiger partial charge in [-0.3, -0.25) is 9.35 Å². The molecule has 6 heteroatoms. The smallest absolute Gasteiger partial charge is 0.275 e. The van der Waals surface area contributed by atoms with Crippen LogP contribution < -0.4 is 0 Å². The van der Waals surface area contributed by atoms with Gasteiger partial charge in [0.1, 0.15) is 0 Å². The molecule has 0 bridgehead atoms. The molecule has 0 aromatic carbocycles. The van der Waals surface area contributed by atoms with Gasteiger partial charge in [-0.15, -0.1) is 0 Å². The standard InChI is InChI=1S/C4H5NO4S/c5-2-1-4(3-6)10(7,8)9/h4-5H,1H2,(H,7,8,9). The van der Waals surface area contributed by atoms with Gasteiger partial charge in [0.25, 0.3) is 10.1 Å². The highest BCUT2D eigenvalue weighted by Gasteiger charge is 2.21. The van der Waals surface area contributed by atoms with Crippen LogP contribution >= 0.6 is 0 Å². The number of hydrogen-bond donors (Lipinski definition) is 2. The Balaban J connectivity index is 4.36. The summed E-state index contributed by atoms with van der Waals surface area (Å²) < 4.78 is 28.4. The van der Waals surface area contributed by atoms with Crippen molar-refractivity contribution in [3.63, 3.8) is 0 Å². The predicted molar refractivity (Wildman–Crippen MR) is 33.4 cm³/mol. The molecule has 0 amide bonds. The van der Waals surface area contributed by atoms with E-state index >= 15 is 0 Å². The summed E-state index contributed by atoms with van der Waals surface area (Å²) >= 11 is 0. The fourth-order valence-corrected chi connectivity index (χ4v) is 0.716. The third-order valence-corrected chi connectivity index (χ3v) is 1.76. The summed E-state index contributed by atoms with van der Waals surface area (Å²) in [5, 5.41) is 4.65.